The van der Waals surface area contributed by atoms with Crippen molar-refractivity contribution in [2.24, 2.45) is 0 Å². The largest absolute Gasteiger partial charge is 0.480 e. The van der Waals surface area contributed by atoms with Crippen molar-refractivity contribution in [3.8, 4) is 5.75 Å². The average Bonchev–Trinajstić information content (AvgIpc) is 2.63. The average molecular weight is 498 g/mol. The summed E-state index contributed by atoms with van der Waals surface area (Å²) in [5.74, 6) is 0.0231. The number of carbonyl (C=O) groups is 1. The van der Waals surface area contributed by atoms with Crippen LogP contribution in [0.5, 0.6) is 5.75 Å². The van der Waals surface area contributed by atoms with Crippen LogP contribution in [0.25, 0.3) is 10.9 Å². The van der Waals surface area contributed by atoms with Gasteiger partial charge < -0.3 is 10.1 Å². The molecule has 1 amide bonds. The molecule has 7 nitrogen and oxygen atoms in total. The van der Waals surface area contributed by atoms with Crippen molar-refractivity contribution in [3.63, 3.8) is 0 Å². The van der Waals surface area contributed by atoms with E-state index in [0.29, 0.717) is 27.5 Å². The van der Waals surface area contributed by atoms with Gasteiger partial charge in [0.25, 0.3) is 11.6 Å². The molecule has 1 aromatic heterocycles. The van der Waals surface area contributed by atoms with Crippen LogP contribution in [0.3, 0.4) is 0 Å². The van der Waals surface area contributed by atoms with Crippen LogP contribution in [0.4, 0.5) is 11.4 Å². The molecule has 138 valence electrons. The second kappa shape index (κ2) is 8.05. The minimum Gasteiger partial charge on any atom is -0.480 e. The predicted molar refractivity (Wildman–Crippen MR) is 111 cm³/mol. The van der Waals surface area contributed by atoms with Crippen molar-refractivity contribution >= 4 is 62.4 Å². The Morgan fingerprint density at radius 1 is 1.37 bits per heavy atom. The zero-order chi connectivity index (χ0) is 19.6. The van der Waals surface area contributed by atoms with Gasteiger partial charge >= 0.3 is 0 Å². The Morgan fingerprint density at radius 2 is 2.15 bits per heavy atom. The van der Waals surface area contributed by atoms with Crippen LogP contribution in [0, 0.1) is 20.6 Å². The van der Waals surface area contributed by atoms with E-state index in [4.69, 9.17) is 16.3 Å². The standard InChI is InChI=1S/C18H13ClIN3O4/c1-10-14(5-2-6-15(10)23(25)26)22-16(24)9-27-18-13(20)8-12(19)11-4-3-7-21-17(11)18/h2-8H,9H2,1H3,(H,22,24). The van der Waals surface area contributed by atoms with Crippen LogP contribution in [0.1, 0.15) is 5.56 Å². The highest BCUT2D eigenvalue weighted by Gasteiger charge is 2.17. The summed E-state index contributed by atoms with van der Waals surface area (Å²) in [6, 6.07) is 9.83. The SMILES string of the molecule is Cc1c(NC(=O)COc2c(I)cc(Cl)c3cccnc23)cccc1[N+](=O)[O-]. The Balaban J connectivity index is 1.79. The molecule has 0 spiro atoms. The summed E-state index contributed by atoms with van der Waals surface area (Å²) in [4.78, 5) is 27.1. The number of nitro benzene ring substituents is 1. The van der Waals surface area contributed by atoms with Crippen molar-refractivity contribution in [2.45, 2.75) is 6.92 Å². The summed E-state index contributed by atoms with van der Waals surface area (Å²) in [5, 5.41) is 14.9. The fourth-order valence-electron chi connectivity index (χ4n) is 2.56. The van der Waals surface area contributed by atoms with Crippen LogP contribution in [-0.4, -0.2) is 22.4 Å². The molecule has 2 aromatic carbocycles. The molecule has 1 heterocycles. The zero-order valence-corrected chi connectivity index (χ0v) is 16.9. The molecule has 0 bridgehead atoms. The van der Waals surface area contributed by atoms with Gasteiger partial charge in [-0.05, 0) is 53.8 Å². The van der Waals surface area contributed by atoms with E-state index in [0.717, 1.165) is 8.96 Å². The fraction of sp³-hybridized carbons (Fsp3) is 0.111. The van der Waals surface area contributed by atoms with Crippen LogP contribution >= 0.6 is 34.2 Å². The van der Waals surface area contributed by atoms with Crippen molar-refractivity contribution in [1.82, 2.24) is 4.98 Å². The quantitative estimate of drug-likeness (QED) is 0.312. The molecular weight excluding hydrogens is 485 g/mol. The summed E-state index contributed by atoms with van der Waals surface area (Å²) >= 11 is 8.29. The van der Waals surface area contributed by atoms with Gasteiger partial charge in [-0.1, -0.05) is 17.7 Å². The lowest BCUT2D eigenvalue weighted by Crippen LogP contribution is -2.21. The lowest BCUT2D eigenvalue weighted by atomic mass is 10.1. The van der Waals surface area contributed by atoms with E-state index in [9.17, 15) is 14.9 Å². The molecule has 0 saturated carbocycles. The molecule has 0 unspecified atom stereocenters. The van der Waals surface area contributed by atoms with Crippen LogP contribution in [-0.2, 0) is 4.79 Å². The van der Waals surface area contributed by atoms with E-state index in [1.165, 1.54) is 12.1 Å². The summed E-state index contributed by atoms with van der Waals surface area (Å²) in [7, 11) is 0. The number of carbonyl (C=O) groups excluding carboxylic acids is 1. The van der Waals surface area contributed by atoms with Crippen LogP contribution < -0.4 is 10.1 Å². The number of pyridine rings is 1. The maximum Gasteiger partial charge on any atom is 0.274 e. The lowest BCUT2D eigenvalue weighted by Gasteiger charge is -2.13. The number of nitrogens with zero attached hydrogens (tertiary/aromatic N) is 2. The topological polar surface area (TPSA) is 94.4 Å². The first-order valence-electron chi connectivity index (χ1n) is 7.78. The molecule has 27 heavy (non-hydrogen) atoms. The van der Waals surface area contributed by atoms with Gasteiger partial charge in [0, 0.05) is 17.6 Å². The van der Waals surface area contributed by atoms with Gasteiger partial charge in [0.05, 0.1) is 24.8 Å². The van der Waals surface area contributed by atoms with Crippen molar-refractivity contribution in [2.75, 3.05) is 11.9 Å². The molecule has 0 fully saturated rings. The Labute approximate surface area is 173 Å². The molecule has 1 N–H and O–H groups in total. The third kappa shape index (κ3) is 4.11. The lowest BCUT2D eigenvalue weighted by molar-refractivity contribution is -0.385. The van der Waals surface area contributed by atoms with E-state index < -0.39 is 10.8 Å². The second-order valence-corrected chi connectivity index (χ2v) is 7.18. The molecule has 9 heteroatoms. The first-order valence-corrected chi connectivity index (χ1v) is 9.23. The minimum absolute atomic E-state index is 0.0591. The number of halogens is 2. The molecular formula is C18H13ClIN3O4. The molecule has 0 aliphatic heterocycles. The van der Waals surface area contributed by atoms with Gasteiger partial charge in [-0.25, -0.2) is 0 Å². The smallest absolute Gasteiger partial charge is 0.274 e. The maximum absolute atomic E-state index is 12.3. The molecule has 3 aromatic rings. The number of benzene rings is 2. The number of amides is 1. The highest BCUT2D eigenvalue weighted by molar-refractivity contribution is 14.1. The number of nitro groups is 1. The molecule has 0 aliphatic rings. The minimum atomic E-state index is -0.491. The van der Waals surface area contributed by atoms with E-state index >= 15 is 0 Å². The molecule has 0 atom stereocenters. The Morgan fingerprint density at radius 3 is 2.89 bits per heavy atom. The zero-order valence-electron chi connectivity index (χ0n) is 14.0. The first-order chi connectivity index (χ1) is 12.9. The predicted octanol–water partition coefficient (Wildman–Crippen LogP) is 4.73. The number of fused-ring (bicyclic) bond motifs is 1. The molecule has 0 saturated heterocycles. The first kappa shape index (κ1) is 19.3. The summed E-state index contributed by atoms with van der Waals surface area (Å²) in [6.45, 7) is 1.31. The third-order valence-electron chi connectivity index (χ3n) is 3.87. The number of hydrogen-bond acceptors (Lipinski definition) is 5. The molecule has 0 radical (unpaired) electrons. The Kier molecular flexibility index (Phi) is 5.76. The van der Waals surface area contributed by atoms with Crippen molar-refractivity contribution in [3.05, 3.63) is 66.9 Å². The summed E-state index contributed by atoms with van der Waals surface area (Å²) in [6.07, 6.45) is 1.62. The number of hydrogen-bond donors (Lipinski definition) is 1. The number of aromatic nitrogens is 1. The van der Waals surface area contributed by atoms with Gasteiger partial charge in [-0.15, -0.1) is 0 Å². The van der Waals surface area contributed by atoms with Crippen LogP contribution in [0.2, 0.25) is 5.02 Å². The van der Waals surface area contributed by atoms with Gasteiger partial charge in [0.2, 0.25) is 0 Å². The van der Waals surface area contributed by atoms with Gasteiger partial charge in [-0.3, -0.25) is 19.9 Å². The number of anilines is 1. The number of rotatable bonds is 5. The highest BCUT2D eigenvalue weighted by atomic mass is 127. The van der Waals surface area contributed by atoms with E-state index in [1.807, 2.05) is 6.07 Å². The van der Waals surface area contributed by atoms with Crippen molar-refractivity contribution in [1.29, 1.82) is 0 Å². The van der Waals surface area contributed by atoms with Crippen molar-refractivity contribution < 1.29 is 14.5 Å². The third-order valence-corrected chi connectivity index (χ3v) is 4.99. The normalized spacial score (nSPS) is 10.6. The molecule has 0 aliphatic carbocycles. The second-order valence-electron chi connectivity index (χ2n) is 5.61. The Bertz CT molecular complexity index is 1060. The van der Waals surface area contributed by atoms with E-state index in [2.05, 4.69) is 32.9 Å². The maximum atomic E-state index is 12.3. The van der Waals surface area contributed by atoms with Gasteiger partial charge in [0.1, 0.15) is 5.52 Å². The summed E-state index contributed by atoms with van der Waals surface area (Å²) in [5.41, 5.74) is 1.25. The van der Waals surface area contributed by atoms with Gasteiger partial charge in [0.15, 0.2) is 12.4 Å². The number of nitrogens with one attached hydrogen (secondary N) is 1. The Hall–Kier alpha value is -2.46. The summed E-state index contributed by atoms with van der Waals surface area (Å²) < 4.78 is 6.41. The monoisotopic (exact) mass is 497 g/mol. The van der Waals surface area contributed by atoms with Crippen LogP contribution in [0.15, 0.2) is 42.6 Å². The van der Waals surface area contributed by atoms with E-state index in [1.54, 1.807) is 31.3 Å². The fourth-order valence-corrected chi connectivity index (χ4v) is 3.73. The van der Waals surface area contributed by atoms with Gasteiger partial charge in [-0.2, -0.15) is 0 Å². The molecule has 3 rings (SSSR count). The van der Waals surface area contributed by atoms with E-state index in [-0.39, 0.29) is 12.3 Å². The highest BCUT2D eigenvalue weighted by Crippen LogP contribution is 2.34. The number of ether oxygens (including phenoxy) is 1.